The number of alkyl carbamates (subject to hydrolysis) is 1. The molecule has 0 aliphatic heterocycles. The minimum absolute atomic E-state index is 0.222. The highest BCUT2D eigenvalue weighted by Gasteiger charge is 2.15. The zero-order valence-corrected chi connectivity index (χ0v) is 19.5. The molecule has 1 atom stereocenters. The van der Waals surface area contributed by atoms with Crippen molar-refractivity contribution in [3.63, 3.8) is 0 Å². The van der Waals surface area contributed by atoms with Crippen molar-refractivity contribution in [3.8, 4) is 0 Å². The monoisotopic (exact) mass is 498 g/mol. The van der Waals surface area contributed by atoms with Crippen molar-refractivity contribution in [2.45, 2.75) is 30.9 Å². The van der Waals surface area contributed by atoms with E-state index in [1.807, 2.05) is 49.4 Å². The van der Waals surface area contributed by atoms with Crippen LogP contribution in [0.2, 0.25) is 0 Å². The summed E-state index contributed by atoms with van der Waals surface area (Å²) in [6.45, 7) is 2.27. The fourth-order valence-corrected chi connectivity index (χ4v) is 3.44. The first kappa shape index (κ1) is 22.9. The van der Waals surface area contributed by atoms with E-state index >= 15 is 0 Å². The number of carbonyl (C=O) groups excluding carboxylic acids is 2. The van der Waals surface area contributed by atoms with Crippen LogP contribution in [0, 0.1) is 0 Å². The molecule has 0 aromatic heterocycles. The summed E-state index contributed by atoms with van der Waals surface area (Å²) in [6, 6.07) is 22.0. The molecule has 0 unspecified atom stereocenters. The third kappa shape index (κ3) is 6.60. The molecule has 160 valence electrons. The number of hydrogen-bond acceptors (Lipinski definition) is 4. The fraction of sp³-hybridized carbons (Fsp3) is 0.167. The van der Waals surface area contributed by atoms with Gasteiger partial charge in [0.25, 0.3) is 5.91 Å². The maximum atomic E-state index is 12.4. The Morgan fingerprint density at radius 1 is 1.00 bits per heavy atom. The predicted molar refractivity (Wildman–Crippen MR) is 129 cm³/mol. The van der Waals surface area contributed by atoms with Gasteiger partial charge in [0.2, 0.25) is 0 Å². The van der Waals surface area contributed by atoms with E-state index in [9.17, 15) is 9.59 Å². The molecule has 3 rings (SSSR count). The van der Waals surface area contributed by atoms with Gasteiger partial charge in [0.05, 0.1) is 5.69 Å². The number of anilines is 1. The van der Waals surface area contributed by atoms with Gasteiger partial charge >= 0.3 is 6.09 Å². The lowest BCUT2D eigenvalue weighted by Crippen LogP contribution is -2.25. The van der Waals surface area contributed by atoms with Crippen molar-refractivity contribution < 1.29 is 14.3 Å². The summed E-state index contributed by atoms with van der Waals surface area (Å²) < 4.78 is 6.52. The molecule has 3 aromatic carbocycles. The Morgan fingerprint density at radius 2 is 1.68 bits per heavy atom. The largest absolute Gasteiger partial charge is 0.441 e. The summed E-state index contributed by atoms with van der Waals surface area (Å²) in [5.41, 5.74) is 2.98. The molecular formula is C24H23BrN2O3S. The van der Waals surface area contributed by atoms with Crippen LogP contribution in [0.5, 0.6) is 0 Å². The second-order valence-electron chi connectivity index (χ2n) is 6.88. The highest BCUT2D eigenvalue weighted by molar-refractivity contribution is 9.10. The van der Waals surface area contributed by atoms with Crippen molar-refractivity contribution >= 4 is 46.2 Å². The molecule has 0 aliphatic carbocycles. The van der Waals surface area contributed by atoms with Gasteiger partial charge in [-0.15, -0.1) is 12.6 Å². The molecule has 31 heavy (non-hydrogen) atoms. The van der Waals surface area contributed by atoms with Gasteiger partial charge in [-0.05, 0) is 53.9 Å². The Balaban J connectivity index is 1.52. The predicted octanol–water partition coefficient (Wildman–Crippen LogP) is 6.37. The van der Waals surface area contributed by atoms with Crippen LogP contribution in [0.4, 0.5) is 10.5 Å². The molecule has 3 aromatic rings. The Hall–Kier alpha value is -2.77. The van der Waals surface area contributed by atoms with Crippen molar-refractivity contribution in [1.82, 2.24) is 5.32 Å². The first-order valence-electron chi connectivity index (χ1n) is 9.84. The average Bonchev–Trinajstić information content (AvgIpc) is 2.78. The molecule has 0 aliphatic rings. The lowest BCUT2D eigenvalue weighted by atomic mass is 10.1. The first-order chi connectivity index (χ1) is 15.0. The minimum atomic E-state index is -0.484. The SMILES string of the molecule is CC[C@H](OC(=O)NCc1ccc(C(=O)Nc2ccccc2S)cc1)c1ccc(Br)cc1. The second-order valence-corrected chi connectivity index (χ2v) is 8.27. The number of carbonyl (C=O) groups is 2. The van der Waals surface area contributed by atoms with Gasteiger partial charge in [-0.3, -0.25) is 4.79 Å². The Labute approximate surface area is 195 Å². The maximum absolute atomic E-state index is 12.4. The van der Waals surface area contributed by atoms with Crippen LogP contribution in [0.25, 0.3) is 0 Å². The molecular weight excluding hydrogens is 476 g/mol. The van der Waals surface area contributed by atoms with Crippen LogP contribution in [0.3, 0.4) is 0 Å². The van der Waals surface area contributed by atoms with Gasteiger partial charge in [0, 0.05) is 21.5 Å². The van der Waals surface area contributed by atoms with Crippen molar-refractivity contribution in [2.24, 2.45) is 0 Å². The van der Waals surface area contributed by atoms with Crippen molar-refractivity contribution in [1.29, 1.82) is 0 Å². The molecule has 0 spiro atoms. The van der Waals surface area contributed by atoms with E-state index in [-0.39, 0.29) is 12.0 Å². The summed E-state index contributed by atoms with van der Waals surface area (Å²) >= 11 is 7.74. The molecule has 0 saturated heterocycles. The number of para-hydroxylation sites is 1. The van der Waals surface area contributed by atoms with Crippen molar-refractivity contribution in [2.75, 3.05) is 5.32 Å². The van der Waals surface area contributed by atoms with Gasteiger partial charge in [-0.25, -0.2) is 4.79 Å². The first-order valence-corrected chi connectivity index (χ1v) is 11.1. The molecule has 0 bridgehead atoms. The van der Waals surface area contributed by atoms with Crippen LogP contribution >= 0.6 is 28.6 Å². The average molecular weight is 499 g/mol. The Morgan fingerprint density at radius 3 is 2.32 bits per heavy atom. The smallest absolute Gasteiger partial charge is 0.408 e. The topological polar surface area (TPSA) is 67.4 Å². The van der Waals surface area contributed by atoms with Gasteiger partial charge in [0.15, 0.2) is 0 Å². The number of hydrogen-bond donors (Lipinski definition) is 3. The quantitative estimate of drug-likeness (QED) is 0.331. The summed E-state index contributed by atoms with van der Waals surface area (Å²) in [7, 11) is 0. The number of thiol groups is 1. The van der Waals surface area contributed by atoms with Crippen molar-refractivity contribution in [3.05, 3.63) is 94.0 Å². The molecule has 7 heteroatoms. The lowest BCUT2D eigenvalue weighted by Gasteiger charge is -2.17. The Kier molecular flexibility index (Phi) is 8.14. The molecule has 0 heterocycles. The van der Waals surface area contributed by atoms with E-state index in [4.69, 9.17) is 4.74 Å². The summed E-state index contributed by atoms with van der Waals surface area (Å²) in [4.78, 5) is 25.3. The van der Waals surface area contributed by atoms with Gasteiger partial charge < -0.3 is 15.4 Å². The van der Waals surface area contributed by atoms with Crippen LogP contribution in [0.1, 0.15) is 40.9 Å². The molecule has 2 amide bonds. The van der Waals surface area contributed by atoms with E-state index in [0.717, 1.165) is 15.6 Å². The number of halogens is 1. The van der Waals surface area contributed by atoms with E-state index in [1.165, 1.54) is 0 Å². The number of nitrogens with one attached hydrogen (secondary N) is 2. The number of benzene rings is 3. The van der Waals surface area contributed by atoms with E-state index in [1.54, 1.807) is 30.3 Å². The van der Waals surface area contributed by atoms with E-state index < -0.39 is 6.09 Å². The standard InChI is InChI=1S/C24H23BrN2O3S/c1-2-21(17-11-13-19(25)14-12-17)30-24(29)26-15-16-7-9-18(10-8-16)23(28)27-20-5-3-4-6-22(20)31/h3-14,21,31H,2,15H2,1H3,(H,26,29)(H,27,28)/t21-/m0/s1. The highest BCUT2D eigenvalue weighted by atomic mass is 79.9. The van der Waals surface area contributed by atoms with Gasteiger partial charge in [-0.2, -0.15) is 0 Å². The second kappa shape index (κ2) is 11.0. The van der Waals surface area contributed by atoms with Gasteiger partial charge in [-0.1, -0.05) is 59.3 Å². The molecule has 5 nitrogen and oxygen atoms in total. The number of rotatable bonds is 7. The summed E-state index contributed by atoms with van der Waals surface area (Å²) in [5.74, 6) is -0.222. The Bertz CT molecular complexity index is 1040. The summed E-state index contributed by atoms with van der Waals surface area (Å²) in [5, 5.41) is 5.59. The highest BCUT2D eigenvalue weighted by Crippen LogP contribution is 2.23. The van der Waals surface area contributed by atoms with E-state index in [0.29, 0.717) is 29.1 Å². The number of ether oxygens (including phenoxy) is 1. The molecule has 0 saturated carbocycles. The van der Waals surface area contributed by atoms with E-state index in [2.05, 4.69) is 39.2 Å². The maximum Gasteiger partial charge on any atom is 0.408 e. The summed E-state index contributed by atoms with van der Waals surface area (Å²) in [6.07, 6.45) is -0.121. The number of amides is 2. The van der Waals surface area contributed by atoms with Crippen LogP contribution in [0.15, 0.2) is 82.2 Å². The third-order valence-corrected chi connectivity index (χ3v) is 5.59. The fourth-order valence-electron chi connectivity index (χ4n) is 2.96. The lowest BCUT2D eigenvalue weighted by molar-refractivity contribution is 0.0946. The molecule has 2 N–H and O–H groups in total. The van der Waals surface area contributed by atoms with Crippen LogP contribution in [-0.2, 0) is 11.3 Å². The zero-order chi connectivity index (χ0) is 22.2. The molecule has 0 fully saturated rings. The van der Waals surface area contributed by atoms with Crippen LogP contribution < -0.4 is 10.6 Å². The normalized spacial score (nSPS) is 11.5. The zero-order valence-electron chi connectivity index (χ0n) is 17.0. The minimum Gasteiger partial charge on any atom is -0.441 e. The molecule has 0 radical (unpaired) electrons. The van der Waals surface area contributed by atoms with Gasteiger partial charge in [0.1, 0.15) is 6.10 Å². The van der Waals surface area contributed by atoms with Crippen LogP contribution in [-0.4, -0.2) is 12.0 Å². The third-order valence-electron chi connectivity index (χ3n) is 4.67.